The van der Waals surface area contributed by atoms with Gasteiger partial charge < -0.3 is 14.0 Å². The molecule has 0 spiro atoms. The number of benzene rings is 1. The highest BCUT2D eigenvalue weighted by Crippen LogP contribution is 2.22. The molecule has 1 heterocycles. The fraction of sp³-hybridized carbons (Fsp3) is 0.400. The van der Waals surface area contributed by atoms with Crippen molar-refractivity contribution >= 4 is 0 Å². The van der Waals surface area contributed by atoms with Crippen LogP contribution in [0.15, 0.2) is 28.8 Å². The molecule has 1 aromatic heterocycles. The first-order valence-corrected chi connectivity index (χ1v) is 6.69. The molecule has 6 nitrogen and oxygen atoms in total. The van der Waals surface area contributed by atoms with Crippen LogP contribution >= 0.6 is 0 Å². The lowest BCUT2D eigenvalue weighted by atomic mass is 10.1. The predicted octanol–water partition coefficient (Wildman–Crippen LogP) is 2.01. The molecule has 0 N–H and O–H groups in total. The molecule has 1 aromatic carbocycles. The maximum absolute atomic E-state index is 8.84. The van der Waals surface area contributed by atoms with Gasteiger partial charge in [0.25, 0.3) is 5.89 Å². The Labute approximate surface area is 123 Å². The zero-order valence-corrected chi connectivity index (χ0v) is 11.9. The van der Waals surface area contributed by atoms with Crippen molar-refractivity contribution < 1.29 is 14.0 Å². The molecule has 0 saturated heterocycles. The lowest BCUT2D eigenvalue weighted by Gasteiger charge is -2.01. The first-order chi connectivity index (χ1) is 10.3. The summed E-state index contributed by atoms with van der Waals surface area (Å²) in [6, 6.07) is 9.66. The Kier molecular flexibility index (Phi) is 5.88. The number of hydrogen-bond acceptors (Lipinski definition) is 6. The molecule has 6 heteroatoms. The van der Waals surface area contributed by atoms with Gasteiger partial charge in [0.1, 0.15) is 0 Å². The highest BCUT2D eigenvalue weighted by atomic mass is 16.5. The third kappa shape index (κ3) is 4.38. The summed E-state index contributed by atoms with van der Waals surface area (Å²) in [5.41, 5.74) is 1.68. The van der Waals surface area contributed by atoms with E-state index in [9.17, 15) is 0 Å². The van der Waals surface area contributed by atoms with Crippen molar-refractivity contribution in [3.05, 3.63) is 35.7 Å². The van der Waals surface area contributed by atoms with Crippen LogP contribution in [0.4, 0.5) is 0 Å². The predicted molar refractivity (Wildman–Crippen MR) is 75.5 cm³/mol. The van der Waals surface area contributed by atoms with Gasteiger partial charge in [-0.2, -0.15) is 10.2 Å². The van der Waals surface area contributed by atoms with Crippen LogP contribution in [0.2, 0.25) is 0 Å². The van der Waals surface area contributed by atoms with Gasteiger partial charge in [-0.3, -0.25) is 0 Å². The van der Waals surface area contributed by atoms with Gasteiger partial charge in [0.05, 0.1) is 32.3 Å². The second-order valence-corrected chi connectivity index (χ2v) is 4.36. The van der Waals surface area contributed by atoms with Crippen molar-refractivity contribution in [2.45, 2.75) is 12.8 Å². The number of methoxy groups -OCH3 is 1. The summed E-state index contributed by atoms with van der Waals surface area (Å²) in [4.78, 5) is 4.34. The van der Waals surface area contributed by atoms with Crippen LogP contribution in [-0.2, 0) is 22.3 Å². The average Bonchev–Trinajstić information content (AvgIpc) is 2.97. The Morgan fingerprint density at radius 1 is 1.24 bits per heavy atom. The van der Waals surface area contributed by atoms with E-state index in [1.807, 2.05) is 24.3 Å². The fourth-order valence-electron chi connectivity index (χ4n) is 1.84. The topological polar surface area (TPSA) is 81.2 Å². The van der Waals surface area contributed by atoms with E-state index in [0.29, 0.717) is 44.4 Å². The Morgan fingerprint density at radius 2 is 2.10 bits per heavy atom. The van der Waals surface area contributed by atoms with E-state index in [1.54, 1.807) is 7.11 Å². The van der Waals surface area contributed by atoms with Gasteiger partial charge >= 0.3 is 0 Å². The molecule has 0 bridgehead atoms. The van der Waals surface area contributed by atoms with Gasteiger partial charge in [-0.05, 0) is 11.6 Å². The van der Waals surface area contributed by atoms with E-state index in [0.717, 1.165) is 11.1 Å². The summed E-state index contributed by atoms with van der Waals surface area (Å²) in [5, 5.41) is 12.8. The van der Waals surface area contributed by atoms with Crippen LogP contribution in [0.3, 0.4) is 0 Å². The van der Waals surface area contributed by atoms with E-state index in [-0.39, 0.29) is 0 Å². The number of nitriles is 1. The average molecular weight is 287 g/mol. The summed E-state index contributed by atoms with van der Waals surface area (Å²) in [6.45, 7) is 1.63. The van der Waals surface area contributed by atoms with Crippen molar-refractivity contribution in [1.29, 1.82) is 5.26 Å². The maximum atomic E-state index is 8.84. The van der Waals surface area contributed by atoms with E-state index < -0.39 is 0 Å². The normalized spacial score (nSPS) is 10.5. The number of rotatable bonds is 8. The van der Waals surface area contributed by atoms with Crippen LogP contribution in [0.25, 0.3) is 11.5 Å². The molecule has 0 radical (unpaired) electrons. The summed E-state index contributed by atoms with van der Waals surface area (Å²) in [7, 11) is 1.63. The number of aromatic nitrogens is 2. The molecule has 110 valence electrons. The summed E-state index contributed by atoms with van der Waals surface area (Å²) >= 11 is 0. The Balaban J connectivity index is 1.98. The third-order valence-electron chi connectivity index (χ3n) is 2.89. The zero-order chi connectivity index (χ0) is 14.9. The van der Waals surface area contributed by atoms with E-state index >= 15 is 0 Å². The van der Waals surface area contributed by atoms with Crippen molar-refractivity contribution in [1.82, 2.24) is 10.1 Å². The monoisotopic (exact) mass is 287 g/mol. The largest absolute Gasteiger partial charge is 0.382 e. The Hall–Kier alpha value is -2.23. The van der Waals surface area contributed by atoms with Gasteiger partial charge in [-0.25, -0.2) is 0 Å². The molecular formula is C15H17N3O3. The number of nitrogens with zero attached hydrogens (tertiary/aromatic N) is 3. The number of hydrogen-bond donors (Lipinski definition) is 0. The first kappa shape index (κ1) is 15.2. The second kappa shape index (κ2) is 8.15. The minimum absolute atomic E-state index is 0.314. The smallest absolute Gasteiger partial charge is 0.258 e. The highest BCUT2D eigenvalue weighted by molar-refractivity contribution is 5.58. The zero-order valence-electron chi connectivity index (χ0n) is 11.9. The van der Waals surface area contributed by atoms with Crippen molar-refractivity contribution in [2.24, 2.45) is 0 Å². The van der Waals surface area contributed by atoms with Crippen LogP contribution in [0.1, 0.15) is 11.4 Å². The van der Waals surface area contributed by atoms with Crippen molar-refractivity contribution in [3.63, 3.8) is 0 Å². The summed E-state index contributed by atoms with van der Waals surface area (Å²) < 4.78 is 15.5. The SMILES string of the molecule is COCCOCCc1noc(-c2ccccc2CC#N)n1. The van der Waals surface area contributed by atoms with Gasteiger partial charge in [0.2, 0.25) is 0 Å². The lowest BCUT2D eigenvalue weighted by molar-refractivity contribution is 0.0714. The summed E-state index contributed by atoms with van der Waals surface area (Å²) in [5.74, 6) is 1.03. The Bertz CT molecular complexity index is 604. The molecule has 0 aliphatic heterocycles. The molecule has 2 aromatic rings. The molecule has 0 amide bonds. The van der Waals surface area contributed by atoms with Crippen LogP contribution in [0.5, 0.6) is 0 Å². The molecule has 21 heavy (non-hydrogen) atoms. The van der Waals surface area contributed by atoms with Crippen molar-refractivity contribution in [2.75, 3.05) is 26.9 Å². The van der Waals surface area contributed by atoms with Crippen LogP contribution in [-0.4, -0.2) is 37.1 Å². The van der Waals surface area contributed by atoms with Crippen molar-refractivity contribution in [3.8, 4) is 17.5 Å². The maximum Gasteiger partial charge on any atom is 0.258 e. The standard InChI is InChI=1S/C15H17N3O3/c1-19-10-11-20-9-7-14-17-15(21-18-14)13-5-3-2-4-12(13)6-8-16/h2-5H,6-7,9-11H2,1H3. The molecule has 0 unspecified atom stereocenters. The summed E-state index contributed by atoms with van der Waals surface area (Å²) in [6.07, 6.45) is 0.891. The minimum atomic E-state index is 0.314. The molecular weight excluding hydrogens is 270 g/mol. The first-order valence-electron chi connectivity index (χ1n) is 6.69. The lowest BCUT2D eigenvalue weighted by Crippen LogP contribution is -2.05. The van der Waals surface area contributed by atoms with Gasteiger partial charge in [-0.1, -0.05) is 23.4 Å². The van der Waals surface area contributed by atoms with Crippen LogP contribution < -0.4 is 0 Å². The molecule has 0 fully saturated rings. The highest BCUT2D eigenvalue weighted by Gasteiger charge is 2.12. The number of ether oxygens (including phenoxy) is 2. The third-order valence-corrected chi connectivity index (χ3v) is 2.89. The molecule has 0 aliphatic carbocycles. The van der Waals surface area contributed by atoms with Gasteiger partial charge in [-0.15, -0.1) is 0 Å². The Morgan fingerprint density at radius 3 is 2.90 bits per heavy atom. The fourth-order valence-corrected chi connectivity index (χ4v) is 1.84. The molecule has 2 rings (SSSR count). The minimum Gasteiger partial charge on any atom is -0.382 e. The van der Waals surface area contributed by atoms with Crippen LogP contribution in [0, 0.1) is 11.3 Å². The van der Waals surface area contributed by atoms with Gasteiger partial charge in [0, 0.05) is 19.1 Å². The molecule has 0 saturated carbocycles. The quantitative estimate of drug-likeness (QED) is 0.691. The second-order valence-electron chi connectivity index (χ2n) is 4.36. The van der Waals surface area contributed by atoms with E-state index in [4.69, 9.17) is 19.3 Å². The molecule has 0 aliphatic rings. The van der Waals surface area contributed by atoms with E-state index in [2.05, 4.69) is 16.2 Å². The van der Waals surface area contributed by atoms with E-state index in [1.165, 1.54) is 0 Å². The molecule has 0 atom stereocenters. The van der Waals surface area contributed by atoms with Gasteiger partial charge in [0.15, 0.2) is 5.82 Å².